The molecule has 1 heterocycles. The van der Waals surface area contributed by atoms with Crippen LogP contribution in [0.3, 0.4) is 0 Å². The van der Waals surface area contributed by atoms with E-state index >= 15 is 0 Å². The maximum absolute atomic E-state index is 10.9. The molecular formula is C17H17N2O3-. The van der Waals surface area contributed by atoms with Crippen LogP contribution in [0.5, 0.6) is 5.75 Å². The quantitative estimate of drug-likeness (QED) is 0.857. The third-order valence-corrected chi connectivity index (χ3v) is 3.65. The first-order chi connectivity index (χ1) is 10.6. The molecule has 3 rings (SSSR count). The van der Waals surface area contributed by atoms with Gasteiger partial charge in [-0.1, -0.05) is 30.3 Å². The third kappa shape index (κ3) is 3.14. The summed E-state index contributed by atoms with van der Waals surface area (Å²) in [5.41, 5.74) is 8.55. The number of carboxylic acid groups (broad SMARTS) is 1. The van der Waals surface area contributed by atoms with E-state index in [4.69, 9.17) is 10.5 Å². The summed E-state index contributed by atoms with van der Waals surface area (Å²) in [5.74, 6) is -0.453. The molecule has 114 valence electrons. The van der Waals surface area contributed by atoms with Gasteiger partial charge in [0.05, 0.1) is 12.2 Å². The maximum Gasteiger partial charge on any atom is 0.143 e. The average molecular weight is 297 g/mol. The van der Waals surface area contributed by atoms with Crippen LogP contribution in [0.15, 0.2) is 48.5 Å². The lowest BCUT2D eigenvalue weighted by molar-refractivity contribution is -0.307. The molecule has 0 fully saturated rings. The highest BCUT2D eigenvalue weighted by atomic mass is 16.5. The van der Waals surface area contributed by atoms with Crippen LogP contribution >= 0.6 is 0 Å². The van der Waals surface area contributed by atoms with E-state index in [1.54, 1.807) is 12.1 Å². The Morgan fingerprint density at radius 3 is 2.77 bits per heavy atom. The number of benzene rings is 2. The molecule has 0 saturated carbocycles. The number of ether oxygens (including phenoxy) is 1. The van der Waals surface area contributed by atoms with Crippen LogP contribution in [0, 0.1) is 0 Å². The van der Waals surface area contributed by atoms with Gasteiger partial charge < -0.3 is 25.3 Å². The molecule has 1 atom stereocenters. The van der Waals surface area contributed by atoms with Crippen molar-refractivity contribution >= 4 is 17.3 Å². The highest BCUT2D eigenvalue weighted by molar-refractivity contribution is 5.68. The molecule has 5 nitrogen and oxygen atoms in total. The summed E-state index contributed by atoms with van der Waals surface area (Å²) in [5, 5.41) is 10.9. The Morgan fingerprint density at radius 2 is 2.05 bits per heavy atom. The smallest absolute Gasteiger partial charge is 0.143 e. The summed E-state index contributed by atoms with van der Waals surface area (Å²) in [6.07, 6.45) is -0.556. The molecule has 22 heavy (non-hydrogen) atoms. The number of hydrogen-bond acceptors (Lipinski definition) is 5. The number of rotatable bonds is 4. The normalized spacial score (nSPS) is 16.7. The van der Waals surface area contributed by atoms with E-state index in [-0.39, 0.29) is 6.42 Å². The second kappa shape index (κ2) is 5.97. The summed E-state index contributed by atoms with van der Waals surface area (Å²) in [6, 6.07) is 15.4. The second-order valence-electron chi connectivity index (χ2n) is 5.41. The Kier molecular flexibility index (Phi) is 3.87. The summed E-state index contributed by atoms with van der Waals surface area (Å²) < 4.78 is 5.75. The number of fused-ring (bicyclic) bond motifs is 1. The van der Waals surface area contributed by atoms with Gasteiger partial charge in [0.15, 0.2) is 0 Å². The van der Waals surface area contributed by atoms with Crippen molar-refractivity contribution in [2.45, 2.75) is 19.1 Å². The fraction of sp³-hybridized carbons (Fsp3) is 0.235. The van der Waals surface area contributed by atoms with Gasteiger partial charge >= 0.3 is 0 Å². The highest BCUT2D eigenvalue weighted by Gasteiger charge is 2.26. The predicted octanol–water partition coefficient (Wildman–Crippen LogP) is 1.18. The van der Waals surface area contributed by atoms with E-state index in [0.29, 0.717) is 24.5 Å². The molecule has 0 saturated heterocycles. The SMILES string of the molecule is Nc1ccc2c(c1)N(Cc1ccccc1)CC(CC(=O)[O-])O2. The molecule has 0 amide bonds. The van der Waals surface area contributed by atoms with Crippen molar-refractivity contribution in [1.82, 2.24) is 0 Å². The lowest BCUT2D eigenvalue weighted by atomic mass is 10.1. The largest absolute Gasteiger partial charge is 0.550 e. The second-order valence-corrected chi connectivity index (χ2v) is 5.41. The predicted molar refractivity (Wildman–Crippen MR) is 82.4 cm³/mol. The molecule has 0 bridgehead atoms. The number of anilines is 2. The van der Waals surface area contributed by atoms with Gasteiger partial charge in [-0.25, -0.2) is 0 Å². The van der Waals surface area contributed by atoms with E-state index in [9.17, 15) is 9.90 Å². The molecule has 2 N–H and O–H groups in total. The van der Waals surface area contributed by atoms with Gasteiger partial charge in [-0.15, -0.1) is 0 Å². The van der Waals surface area contributed by atoms with E-state index < -0.39 is 12.1 Å². The topological polar surface area (TPSA) is 78.6 Å². The van der Waals surface area contributed by atoms with Crippen LogP contribution in [0.4, 0.5) is 11.4 Å². The molecule has 5 heteroatoms. The molecule has 2 aromatic rings. The molecule has 2 aromatic carbocycles. The van der Waals surface area contributed by atoms with Gasteiger partial charge in [-0.05, 0) is 23.8 Å². The van der Waals surface area contributed by atoms with Crippen molar-refractivity contribution in [3.05, 3.63) is 54.1 Å². The van der Waals surface area contributed by atoms with Gasteiger partial charge in [0.25, 0.3) is 0 Å². The van der Waals surface area contributed by atoms with Gasteiger partial charge in [0.2, 0.25) is 0 Å². The zero-order valence-electron chi connectivity index (χ0n) is 12.1. The Balaban J connectivity index is 1.89. The maximum atomic E-state index is 10.9. The number of nitrogen functional groups attached to an aromatic ring is 1. The van der Waals surface area contributed by atoms with Crippen molar-refractivity contribution in [2.24, 2.45) is 0 Å². The number of nitrogens with two attached hydrogens (primary N) is 1. The van der Waals surface area contributed by atoms with E-state index in [1.165, 1.54) is 0 Å². The molecule has 0 aromatic heterocycles. The molecule has 1 aliphatic heterocycles. The lowest BCUT2D eigenvalue weighted by Gasteiger charge is -2.36. The van der Waals surface area contributed by atoms with E-state index in [0.717, 1.165) is 11.3 Å². The Bertz CT molecular complexity index is 673. The number of carbonyl (C=O) groups is 1. The van der Waals surface area contributed by atoms with Crippen molar-refractivity contribution < 1.29 is 14.6 Å². The molecular weight excluding hydrogens is 280 g/mol. The molecule has 1 unspecified atom stereocenters. The van der Waals surface area contributed by atoms with Crippen LogP contribution in [0.25, 0.3) is 0 Å². The first-order valence-electron chi connectivity index (χ1n) is 7.17. The average Bonchev–Trinajstić information content (AvgIpc) is 2.48. The minimum Gasteiger partial charge on any atom is -0.550 e. The summed E-state index contributed by atoms with van der Waals surface area (Å²) in [7, 11) is 0. The van der Waals surface area contributed by atoms with Crippen LogP contribution in [0.1, 0.15) is 12.0 Å². The van der Waals surface area contributed by atoms with Crippen molar-refractivity contribution in [3.8, 4) is 5.75 Å². The third-order valence-electron chi connectivity index (χ3n) is 3.65. The fourth-order valence-electron chi connectivity index (χ4n) is 2.69. The van der Waals surface area contributed by atoms with Crippen molar-refractivity contribution in [2.75, 3.05) is 17.2 Å². The van der Waals surface area contributed by atoms with Gasteiger partial charge in [-0.2, -0.15) is 0 Å². The first kappa shape index (κ1) is 14.3. The number of carboxylic acids is 1. The van der Waals surface area contributed by atoms with Gasteiger partial charge in [-0.3, -0.25) is 0 Å². The Hall–Kier alpha value is -2.69. The van der Waals surface area contributed by atoms with Crippen LogP contribution < -0.4 is 20.5 Å². The highest BCUT2D eigenvalue weighted by Crippen LogP contribution is 2.36. The number of carbonyl (C=O) groups excluding carboxylic acids is 1. The zero-order valence-corrected chi connectivity index (χ0v) is 12.1. The van der Waals surface area contributed by atoms with Crippen LogP contribution in [0.2, 0.25) is 0 Å². The van der Waals surface area contributed by atoms with Crippen LogP contribution in [-0.2, 0) is 11.3 Å². The van der Waals surface area contributed by atoms with E-state index in [2.05, 4.69) is 4.90 Å². The van der Waals surface area contributed by atoms with Crippen molar-refractivity contribution in [3.63, 3.8) is 0 Å². The van der Waals surface area contributed by atoms with Crippen LogP contribution in [-0.4, -0.2) is 18.6 Å². The minimum absolute atomic E-state index is 0.130. The monoisotopic (exact) mass is 297 g/mol. The number of hydrogen-bond donors (Lipinski definition) is 1. The van der Waals surface area contributed by atoms with Gasteiger partial charge in [0.1, 0.15) is 11.9 Å². The Morgan fingerprint density at radius 1 is 1.27 bits per heavy atom. The minimum atomic E-state index is -1.11. The van der Waals surface area contributed by atoms with Gasteiger partial charge in [0, 0.05) is 24.6 Å². The van der Waals surface area contributed by atoms with Crippen molar-refractivity contribution in [1.29, 1.82) is 0 Å². The summed E-state index contributed by atoms with van der Waals surface area (Å²) >= 11 is 0. The lowest BCUT2D eigenvalue weighted by Crippen LogP contribution is -2.42. The molecule has 0 radical (unpaired) electrons. The molecule has 1 aliphatic rings. The molecule has 0 spiro atoms. The summed E-state index contributed by atoms with van der Waals surface area (Å²) in [4.78, 5) is 13.0. The zero-order chi connectivity index (χ0) is 15.5. The Labute approximate surface area is 128 Å². The first-order valence-corrected chi connectivity index (χ1v) is 7.17. The number of aliphatic carboxylic acids is 1. The summed E-state index contributed by atoms with van der Waals surface area (Å²) in [6.45, 7) is 1.16. The number of nitrogens with zero attached hydrogens (tertiary/aromatic N) is 1. The standard InChI is InChI=1S/C17H18N2O3/c18-13-6-7-16-15(8-13)19(10-12-4-2-1-3-5-12)11-14(22-16)9-17(20)21/h1-8,14H,9-11,18H2,(H,20,21)/p-1. The molecule has 0 aliphatic carbocycles. The fourth-order valence-corrected chi connectivity index (χ4v) is 2.69. The van der Waals surface area contributed by atoms with E-state index in [1.807, 2.05) is 36.4 Å².